The van der Waals surface area contributed by atoms with Gasteiger partial charge in [-0.15, -0.1) is 0 Å². The highest BCUT2D eigenvalue weighted by atomic mass is 32.1. The van der Waals surface area contributed by atoms with Crippen LogP contribution in [0, 0.1) is 6.92 Å². The molecule has 0 fully saturated rings. The molecule has 1 nitrogen and oxygen atoms in total. The molecule has 70 valence electrons. The summed E-state index contributed by atoms with van der Waals surface area (Å²) in [4.78, 5) is 0. The molecule has 0 aliphatic rings. The molecule has 0 atom stereocenters. The number of nitrogen functional groups attached to an aromatic ring is 1. The second-order valence-electron chi connectivity index (χ2n) is 3.09. The number of nitrogens with two attached hydrogens (primary N) is 1. The second-order valence-corrected chi connectivity index (χ2v) is 3.54. The lowest BCUT2D eigenvalue weighted by Crippen LogP contribution is -1.86. The van der Waals surface area contributed by atoms with Crippen LogP contribution in [0.25, 0.3) is 6.08 Å². The van der Waals surface area contributed by atoms with Crippen molar-refractivity contribution in [1.82, 2.24) is 0 Å². The number of hydrogen-bond acceptors (Lipinski definition) is 2. The van der Waals surface area contributed by atoms with Crippen molar-refractivity contribution in [2.75, 3.05) is 11.5 Å². The fourth-order valence-corrected chi connectivity index (χ4v) is 1.38. The fourth-order valence-electron chi connectivity index (χ4n) is 1.23. The Bertz CT molecular complexity index is 285. The van der Waals surface area contributed by atoms with Crippen molar-refractivity contribution in [1.29, 1.82) is 0 Å². The first kappa shape index (κ1) is 10.2. The van der Waals surface area contributed by atoms with Gasteiger partial charge in [-0.1, -0.05) is 18.2 Å². The highest BCUT2D eigenvalue weighted by Crippen LogP contribution is 2.12. The molecule has 0 saturated heterocycles. The van der Waals surface area contributed by atoms with Crippen LogP contribution in [-0.4, -0.2) is 5.75 Å². The molecule has 0 amide bonds. The average molecular weight is 193 g/mol. The summed E-state index contributed by atoms with van der Waals surface area (Å²) >= 11 is 4.13. The zero-order chi connectivity index (χ0) is 9.68. The van der Waals surface area contributed by atoms with Crippen molar-refractivity contribution >= 4 is 24.4 Å². The molecule has 1 rings (SSSR count). The van der Waals surface area contributed by atoms with Crippen molar-refractivity contribution in [2.24, 2.45) is 0 Å². The number of allylic oxidation sites excluding steroid dienone is 1. The van der Waals surface area contributed by atoms with E-state index in [-0.39, 0.29) is 0 Å². The van der Waals surface area contributed by atoms with Gasteiger partial charge in [-0.05, 0) is 42.4 Å². The maximum atomic E-state index is 5.71. The first-order chi connectivity index (χ1) is 6.22. The summed E-state index contributed by atoms with van der Waals surface area (Å²) in [6.45, 7) is 2.05. The number of aryl methyl sites for hydroxylation is 1. The van der Waals surface area contributed by atoms with E-state index < -0.39 is 0 Å². The van der Waals surface area contributed by atoms with E-state index in [1.165, 1.54) is 11.1 Å². The largest absolute Gasteiger partial charge is 0.399 e. The molecular weight excluding hydrogens is 178 g/mol. The highest BCUT2D eigenvalue weighted by molar-refractivity contribution is 7.80. The third-order valence-corrected chi connectivity index (χ3v) is 1.99. The summed E-state index contributed by atoms with van der Waals surface area (Å²) in [7, 11) is 0. The molecule has 0 radical (unpaired) electrons. The van der Waals surface area contributed by atoms with Crippen LogP contribution in [0.1, 0.15) is 17.5 Å². The number of hydrogen-bond donors (Lipinski definition) is 2. The van der Waals surface area contributed by atoms with Crippen LogP contribution in [0.5, 0.6) is 0 Å². The summed E-state index contributed by atoms with van der Waals surface area (Å²) in [5, 5.41) is 0. The predicted octanol–water partition coefficient (Wildman–Crippen LogP) is 2.91. The van der Waals surface area contributed by atoms with Gasteiger partial charge in [0.05, 0.1) is 0 Å². The van der Waals surface area contributed by atoms with E-state index in [0.29, 0.717) is 0 Å². The molecule has 1 aromatic rings. The van der Waals surface area contributed by atoms with Crippen LogP contribution in [0.3, 0.4) is 0 Å². The van der Waals surface area contributed by atoms with Crippen molar-refractivity contribution in [3.8, 4) is 0 Å². The van der Waals surface area contributed by atoms with Gasteiger partial charge in [0.25, 0.3) is 0 Å². The summed E-state index contributed by atoms with van der Waals surface area (Å²) in [6, 6.07) is 6.06. The average Bonchev–Trinajstić information content (AvgIpc) is 2.03. The third-order valence-electron chi connectivity index (χ3n) is 1.73. The minimum atomic E-state index is 0.825. The summed E-state index contributed by atoms with van der Waals surface area (Å²) in [5.41, 5.74) is 8.90. The number of benzene rings is 1. The van der Waals surface area contributed by atoms with E-state index in [4.69, 9.17) is 5.73 Å². The lowest BCUT2D eigenvalue weighted by molar-refractivity contribution is 1.26. The van der Waals surface area contributed by atoms with Crippen LogP contribution in [0.15, 0.2) is 24.3 Å². The van der Waals surface area contributed by atoms with Gasteiger partial charge in [-0.25, -0.2) is 0 Å². The van der Waals surface area contributed by atoms with Gasteiger partial charge in [0, 0.05) is 5.69 Å². The van der Waals surface area contributed by atoms with Gasteiger partial charge in [-0.2, -0.15) is 12.6 Å². The first-order valence-corrected chi connectivity index (χ1v) is 5.00. The minimum Gasteiger partial charge on any atom is -0.399 e. The zero-order valence-electron chi connectivity index (χ0n) is 7.83. The second kappa shape index (κ2) is 4.97. The van der Waals surface area contributed by atoms with E-state index >= 15 is 0 Å². The monoisotopic (exact) mass is 193 g/mol. The lowest BCUT2D eigenvalue weighted by atomic mass is 10.1. The van der Waals surface area contributed by atoms with Crippen LogP contribution in [0.4, 0.5) is 5.69 Å². The lowest BCUT2D eigenvalue weighted by Gasteiger charge is -1.99. The molecule has 2 heteroatoms. The zero-order valence-corrected chi connectivity index (χ0v) is 8.72. The molecule has 0 heterocycles. The van der Waals surface area contributed by atoms with Crippen molar-refractivity contribution in [2.45, 2.75) is 13.3 Å². The standard InChI is InChI=1S/C11H15NS/c1-9-6-10(4-2-3-5-13)8-11(12)7-9/h2,4,6-8,13H,3,5,12H2,1H3. The summed E-state index contributed by atoms with van der Waals surface area (Å²) < 4.78 is 0. The Kier molecular flexibility index (Phi) is 3.90. The molecule has 0 aliphatic heterocycles. The molecule has 1 aromatic carbocycles. The van der Waals surface area contributed by atoms with Crippen LogP contribution >= 0.6 is 12.6 Å². The molecule has 13 heavy (non-hydrogen) atoms. The Morgan fingerprint density at radius 2 is 2.15 bits per heavy atom. The van der Waals surface area contributed by atoms with E-state index in [9.17, 15) is 0 Å². The molecule has 0 aromatic heterocycles. The Balaban J connectivity index is 2.77. The minimum absolute atomic E-state index is 0.825. The smallest absolute Gasteiger partial charge is 0.0322 e. The number of rotatable bonds is 3. The molecular formula is C11H15NS. The van der Waals surface area contributed by atoms with E-state index in [1.807, 2.05) is 19.1 Å². The first-order valence-electron chi connectivity index (χ1n) is 4.37. The predicted molar refractivity (Wildman–Crippen MR) is 63.1 cm³/mol. The van der Waals surface area contributed by atoms with Crippen LogP contribution in [-0.2, 0) is 0 Å². The Labute approximate surface area is 85.1 Å². The Hall–Kier alpha value is -0.890. The summed E-state index contributed by atoms with van der Waals surface area (Å²) in [6.07, 6.45) is 5.19. The number of anilines is 1. The number of thiol groups is 1. The Morgan fingerprint density at radius 3 is 2.77 bits per heavy atom. The molecule has 0 spiro atoms. The van der Waals surface area contributed by atoms with Gasteiger partial charge in [-0.3, -0.25) is 0 Å². The normalized spacial score (nSPS) is 10.9. The fraction of sp³-hybridized carbons (Fsp3) is 0.273. The van der Waals surface area contributed by atoms with Gasteiger partial charge >= 0.3 is 0 Å². The molecule has 0 unspecified atom stereocenters. The molecule has 2 N–H and O–H groups in total. The van der Waals surface area contributed by atoms with Gasteiger partial charge in [0.15, 0.2) is 0 Å². The van der Waals surface area contributed by atoms with E-state index in [1.54, 1.807) is 0 Å². The Morgan fingerprint density at radius 1 is 1.38 bits per heavy atom. The SMILES string of the molecule is Cc1cc(N)cc(C=CCCS)c1. The molecule has 0 saturated carbocycles. The maximum absolute atomic E-state index is 5.71. The highest BCUT2D eigenvalue weighted by Gasteiger charge is 1.91. The van der Waals surface area contributed by atoms with Crippen molar-refractivity contribution in [3.63, 3.8) is 0 Å². The third kappa shape index (κ3) is 3.55. The van der Waals surface area contributed by atoms with Crippen molar-refractivity contribution in [3.05, 3.63) is 35.4 Å². The summed E-state index contributed by atoms with van der Waals surface area (Å²) in [5.74, 6) is 0.887. The van der Waals surface area contributed by atoms with E-state index in [0.717, 1.165) is 17.9 Å². The van der Waals surface area contributed by atoms with Gasteiger partial charge in [0.1, 0.15) is 0 Å². The van der Waals surface area contributed by atoms with Gasteiger partial charge in [0.2, 0.25) is 0 Å². The maximum Gasteiger partial charge on any atom is 0.0322 e. The quantitative estimate of drug-likeness (QED) is 0.560. The van der Waals surface area contributed by atoms with Crippen LogP contribution in [0.2, 0.25) is 0 Å². The van der Waals surface area contributed by atoms with E-state index in [2.05, 4.69) is 30.8 Å². The van der Waals surface area contributed by atoms with Crippen LogP contribution < -0.4 is 5.73 Å². The molecule has 0 aliphatic carbocycles. The van der Waals surface area contributed by atoms with Gasteiger partial charge < -0.3 is 5.73 Å². The van der Waals surface area contributed by atoms with Crippen molar-refractivity contribution < 1.29 is 0 Å². The molecule has 0 bridgehead atoms. The topological polar surface area (TPSA) is 26.0 Å².